The zero-order valence-corrected chi connectivity index (χ0v) is 14.5. The van der Waals surface area contributed by atoms with Crippen LogP contribution in [0.5, 0.6) is 0 Å². The molecule has 0 aliphatic carbocycles. The lowest BCUT2D eigenvalue weighted by Gasteiger charge is -2.17. The first-order chi connectivity index (χ1) is 12.1. The normalized spacial score (nSPS) is 10.2. The molecule has 0 fully saturated rings. The van der Waals surface area contributed by atoms with E-state index >= 15 is 0 Å². The monoisotopic (exact) mass is 341 g/mol. The van der Waals surface area contributed by atoms with E-state index in [9.17, 15) is 9.59 Å². The summed E-state index contributed by atoms with van der Waals surface area (Å²) in [5.41, 5.74) is 1.88. The smallest absolute Gasteiger partial charge is 0.319 e. The fraction of sp³-hybridized carbons (Fsp3) is 0.263. The average Bonchev–Trinajstić information content (AvgIpc) is 2.65. The van der Waals surface area contributed by atoms with Crippen LogP contribution in [0.4, 0.5) is 16.2 Å². The van der Waals surface area contributed by atoms with Gasteiger partial charge < -0.3 is 20.3 Å². The van der Waals surface area contributed by atoms with Gasteiger partial charge in [-0.05, 0) is 36.8 Å². The van der Waals surface area contributed by atoms with Crippen molar-refractivity contribution < 1.29 is 14.3 Å². The number of urea groups is 1. The largest absolute Gasteiger partial charge is 0.385 e. The lowest BCUT2D eigenvalue weighted by Crippen LogP contribution is -2.30. The number of benzene rings is 2. The summed E-state index contributed by atoms with van der Waals surface area (Å²) in [6, 6.07) is 16.0. The Bertz CT molecular complexity index is 704. The average molecular weight is 341 g/mol. The molecule has 0 atom stereocenters. The van der Waals surface area contributed by atoms with E-state index in [1.165, 1.54) is 0 Å². The molecule has 0 heterocycles. The summed E-state index contributed by atoms with van der Waals surface area (Å²) in [6.45, 7) is 1.12. The second-order valence-corrected chi connectivity index (χ2v) is 5.51. The number of ether oxygens (including phenoxy) is 1. The van der Waals surface area contributed by atoms with Crippen molar-refractivity contribution in [2.24, 2.45) is 0 Å². The van der Waals surface area contributed by atoms with E-state index in [2.05, 4.69) is 10.6 Å². The van der Waals surface area contributed by atoms with Gasteiger partial charge in [0.25, 0.3) is 5.91 Å². The molecule has 25 heavy (non-hydrogen) atoms. The molecule has 0 bridgehead atoms. The highest BCUT2D eigenvalue weighted by Crippen LogP contribution is 2.17. The Hall–Kier alpha value is -2.86. The quantitative estimate of drug-likeness (QED) is 0.760. The van der Waals surface area contributed by atoms with Crippen LogP contribution in [0, 0.1) is 0 Å². The zero-order valence-electron chi connectivity index (χ0n) is 14.5. The Morgan fingerprint density at radius 1 is 1.08 bits per heavy atom. The van der Waals surface area contributed by atoms with Gasteiger partial charge in [-0.2, -0.15) is 0 Å². The summed E-state index contributed by atoms with van der Waals surface area (Å²) in [4.78, 5) is 26.0. The van der Waals surface area contributed by atoms with Crippen LogP contribution in [0.1, 0.15) is 16.8 Å². The van der Waals surface area contributed by atoms with Crippen molar-refractivity contribution in [2.75, 3.05) is 37.5 Å². The standard InChI is InChI=1S/C19H23N3O3/c1-22(17-10-4-3-5-11-17)18(23)15-8-6-9-16(14-15)21-19(24)20-12-7-13-25-2/h3-6,8-11,14H,7,12-13H2,1-2H3,(H2,20,21,24). The number of nitrogens with one attached hydrogen (secondary N) is 2. The van der Waals surface area contributed by atoms with Gasteiger partial charge in [0, 0.05) is 44.2 Å². The lowest BCUT2D eigenvalue weighted by atomic mass is 10.1. The van der Waals surface area contributed by atoms with Gasteiger partial charge in [-0.15, -0.1) is 0 Å². The van der Waals surface area contributed by atoms with E-state index in [4.69, 9.17) is 4.74 Å². The second-order valence-electron chi connectivity index (χ2n) is 5.51. The molecule has 0 aromatic heterocycles. The molecule has 0 saturated carbocycles. The molecule has 3 amide bonds. The molecule has 2 aromatic rings. The van der Waals surface area contributed by atoms with Crippen molar-refractivity contribution in [2.45, 2.75) is 6.42 Å². The summed E-state index contributed by atoms with van der Waals surface area (Å²) >= 11 is 0. The third kappa shape index (κ3) is 5.61. The third-order valence-electron chi connectivity index (χ3n) is 3.63. The van der Waals surface area contributed by atoms with Crippen LogP contribution >= 0.6 is 0 Å². The predicted octanol–water partition coefficient (Wildman–Crippen LogP) is 3.12. The minimum Gasteiger partial charge on any atom is -0.385 e. The number of para-hydroxylation sites is 1. The molecule has 2 N–H and O–H groups in total. The Labute approximate surface area is 147 Å². The maximum absolute atomic E-state index is 12.6. The highest BCUT2D eigenvalue weighted by Gasteiger charge is 2.14. The molecule has 0 saturated heterocycles. The molecule has 6 heteroatoms. The highest BCUT2D eigenvalue weighted by atomic mass is 16.5. The molecule has 6 nitrogen and oxygen atoms in total. The number of hydrogen-bond acceptors (Lipinski definition) is 3. The number of anilines is 2. The van der Waals surface area contributed by atoms with Crippen molar-refractivity contribution in [1.82, 2.24) is 5.32 Å². The summed E-state index contributed by atoms with van der Waals surface area (Å²) in [6.07, 6.45) is 0.740. The van der Waals surface area contributed by atoms with E-state index in [-0.39, 0.29) is 11.9 Å². The fourth-order valence-corrected chi connectivity index (χ4v) is 2.29. The summed E-state index contributed by atoms with van der Waals surface area (Å²) < 4.78 is 4.93. The molecule has 0 spiro atoms. The highest BCUT2D eigenvalue weighted by molar-refractivity contribution is 6.06. The Balaban J connectivity index is 1.98. The summed E-state index contributed by atoms with van der Waals surface area (Å²) in [5, 5.41) is 5.47. The van der Waals surface area contributed by atoms with Crippen molar-refractivity contribution in [1.29, 1.82) is 0 Å². The molecule has 0 aliphatic rings. The lowest BCUT2D eigenvalue weighted by molar-refractivity contribution is 0.0993. The fourth-order valence-electron chi connectivity index (χ4n) is 2.29. The van der Waals surface area contributed by atoms with Crippen molar-refractivity contribution in [3.63, 3.8) is 0 Å². The van der Waals surface area contributed by atoms with Gasteiger partial charge in [0.05, 0.1) is 0 Å². The second kappa shape index (κ2) is 9.44. The molecule has 0 aliphatic heterocycles. The minimum atomic E-state index is -0.308. The zero-order chi connectivity index (χ0) is 18.1. The Kier molecular flexibility index (Phi) is 6.98. The van der Waals surface area contributed by atoms with Crippen LogP contribution in [0.2, 0.25) is 0 Å². The Morgan fingerprint density at radius 3 is 2.56 bits per heavy atom. The molecule has 0 unspecified atom stereocenters. The van der Waals surface area contributed by atoms with E-state index in [1.807, 2.05) is 30.3 Å². The maximum Gasteiger partial charge on any atom is 0.319 e. The van der Waals surface area contributed by atoms with Crippen molar-refractivity contribution in [3.8, 4) is 0 Å². The SMILES string of the molecule is COCCCNC(=O)Nc1cccc(C(=O)N(C)c2ccccc2)c1. The van der Waals surface area contributed by atoms with E-state index in [1.54, 1.807) is 43.3 Å². The van der Waals surface area contributed by atoms with Crippen LogP contribution in [-0.2, 0) is 4.74 Å². The van der Waals surface area contributed by atoms with Crippen LogP contribution in [0.15, 0.2) is 54.6 Å². The number of rotatable bonds is 7. The number of carbonyl (C=O) groups is 2. The third-order valence-corrected chi connectivity index (χ3v) is 3.63. The first-order valence-electron chi connectivity index (χ1n) is 8.09. The van der Waals surface area contributed by atoms with Crippen LogP contribution in [0.3, 0.4) is 0 Å². The topological polar surface area (TPSA) is 70.7 Å². The number of methoxy groups -OCH3 is 1. The predicted molar refractivity (Wildman–Crippen MR) is 99.1 cm³/mol. The van der Waals surface area contributed by atoms with Gasteiger partial charge in [0.1, 0.15) is 0 Å². The van der Waals surface area contributed by atoms with Gasteiger partial charge in [0.2, 0.25) is 0 Å². The van der Waals surface area contributed by atoms with Crippen LogP contribution in [-0.4, -0.2) is 39.2 Å². The molecule has 132 valence electrons. The molecule has 2 rings (SSSR count). The van der Waals surface area contributed by atoms with E-state index in [0.717, 1.165) is 12.1 Å². The van der Waals surface area contributed by atoms with Crippen LogP contribution < -0.4 is 15.5 Å². The molecule has 2 aromatic carbocycles. The Morgan fingerprint density at radius 2 is 1.84 bits per heavy atom. The number of hydrogen-bond donors (Lipinski definition) is 2. The number of nitrogens with zero attached hydrogens (tertiary/aromatic N) is 1. The van der Waals surface area contributed by atoms with Crippen LogP contribution in [0.25, 0.3) is 0 Å². The van der Waals surface area contributed by atoms with E-state index in [0.29, 0.717) is 24.4 Å². The summed E-state index contributed by atoms with van der Waals surface area (Å²) in [5.74, 6) is -0.143. The molecular weight excluding hydrogens is 318 g/mol. The van der Waals surface area contributed by atoms with Crippen molar-refractivity contribution in [3.05, 3.63) is 60.2 Å². The van der Waals surface area contributed by atoms with Gasteiger partial charge in [0.15, 0.2) is 0 Å². The van der Waals surface area contributed by atoms with E-state index < -0.39 is 0 Å². The maximum atomic E-state index is 12.6. The van der Waals surface area contributed by atoms with Gasteiger partial charge in [-0.3, -0.25) is 4.79 Å². The van der Waals surface area contributed by atoms with Gasteiger partial charge >= 0.3 is 6.03 Å². The van der Waals surface area contributed by atoms with Gasteiger partial charge in [-0.25, -0.2) is 4.79 Å². The first kappa shape index (κ1) is 18.5. The number of amides is 3. The van der Waals surface area contributed by atoms with Crippen molar-refractivity contribution >= 4 is 23.3 Å². The molecular formula is C19H23N3O3. The van der Waals surface area contributed by atoms with Gasteiger partial charge in [-0.1, -0.05) is 24.3 Å². The summed E-state index contributed by atoms with van der Waals surface area (Å²) in [7, 11) is 3.34. The minimum absolute atomic E-state index is 0.143. The first-order valence-corrected chi connectivity index (χ1v) is 8.09. The number of carbonyl (C=O) groups excluding carboxylic acids is 2. The molecule has 0 radical (unpaired) electrons.